The van der Waals surface area contributed by atoms with Crippen molar-refractivity contribution in [3.8, 4) is 0 Å². The lowest BCUT2D eigenvalue weighted by molar-refractivity contribution is 0.0952. The molecule has 0 aliphatic heterocycles. The quantitative estimate of drug-likeness (QED) is 0.700. The molecule has 0 bridgehead atoms. The number of carbonyl (C=O) groups is 1. The summed E-state index contributed by atoms with van der Waals surface area (Å²) in [5, 5.41) is 1.45. The van der Waals surface area contributed by atoms with E-state index >= 15 is 0 Å². The van der Waals surface area contributed by atoms with Gasteiger partial charge in [0, 0.05) is 12.1 Å². The highest BCUT2D eigenvalue weighted by atomic mass is 32.2. The normalized spacial score (nSPS) is 12.5. The molecule has 0 fully saturated rings. The number of furan rings is 1. The van der Waals surface area contributed by atoms with Gasteiger partial charge in [0.2, 0.25) is 0 Å². The van der Waals surface area contributed by atoms with Crippen LogP contribution in [0.4, 0.5) is 4.39 Å². The molecule has 3 rings (SSSR count). The fourth-order valence-corrected chi connectivity index (χ4v) is 4.23. The number of carbonyl (C=O) groups excluding carboxylic acids is 1. The number of aryl methyl sites for hydroxylation is 1. The average Bonchev–Trinajstić information content (AvgIpc) is 3.16. The third-order valence-corrected chi connectivity index (χ3v) is 6.20. The molecule has 7 heteroatoms. The Hall–Kier alpha value is -2.93. The maximum atomic E-state index is 13.3. The second kappa shape index (κ2) is 7.75. The third-order valence-electron chi connectivity index (χ3n) is 4.12. The lowest BCUT2D eigenvalue weighted by atomic mass is 10.2. The molecule has 0 saturated heterocycles. The smallest absolute Gasteiger partial charge is 0.251 e. The lowest BCUT2D eigenvalue weighted by Gasteiger charge is -2.17. The predicted octanol–water partition coefficient (Wildman–Crippen LogP) is 3.67. The van der Waals surface area contributed by atoms with Gasteiger partial charge in [-0.25, -0.2) is 12.8 Å². The summed E-state index contributed by atoms with van der Waals surface area (Å²) in [5.74, 6) is -0.891. The molecule has 5 nitrogen and oxygen atoms in total. The van der Waals surface area contributed by atoms with Crippen LogP contribution in [0.3, 0.4) is 0 Å². The van der Waals surface area contributed by atoms with E-state index in [4.69, 9.17) is 4.42 Å². The van der Waals surface area contributed by atoms with Crippen molar-refractivity contribution in [2.45, 2.75) is 17.1 Å². The monoisotopic (exact) mass is 387 g/mol. The summed E-state index contributed by atoms with van der Waals surface area (Å²) >= 11 is 0. The van der Waals surface area contributed by atoms with E-state index in [9.17, 15) is 17.6 Å². The Morgan fingerprint density at radius 2 is 1.85 bits per heavy atom. The molecular formula is C20H18FNO4S. The number of hydrogen-bond donors (Lipinski definition) is 1. The van der Waals surface area contributed by atoms with Gasteiger partial charge in [-0.15, -0.1) is 0 Å². The second-order valence-corrected chi connectivity index (χ2v) is 8.21. The van der Waals surface area contributed by atoms with Gasteiger partial charge in [0.1, 0.15) is 16.8 Å². The molecule has 2 aromatic carbocycles. The van der Waals surface area contributed by atoms with Crippen molar-refractivity contribution in [2.24, 2.45) is 0 Å². The first kappa shape index (κ1) is 18.8. The van der Waals surface area contributed by atoms with Gasteiger partial charge in [-0.1, -0.05) is 23.8 Å². The zero-order valence-electron chi connectivity index (χ0n) is 14.6. The van der Waals surface area contributed by atoms with Crippen LogP contribution in [-0.4, -0.2) is 20.9 Å². The van der Waals surface area contributed by atoms with Gasteiger partial charge in [0.05, 0.1) is 11.2 Å². The molecule has 3 aromatic rings. The second-order valence-electron chi connectivity index (χ2n) is 6.08. The van der Waals surface area contributed by atoms with Gasteiger partial charge in [-0.05, 0) is 49.4 Å². The van der Waals surface area contributed by atoms with E-state index in [-0.39, 0.29) is 22.8 Å². The molecule has 1 aromatic heterocycles. The van der Waals surface area contributed by atoms with Crippen LogP contribution in [0.15, 0.2) is 76.2 Å². The van der Waals surface area contributed by atoms with Crippen molar-refractivity contribution in [3.05, 3.63) is 89.6 Å². The molecule has 0 saturated carbocycles. The highest BCUT2D eigenvalue weighted by Gasteiger charge is 2.31. The minimum Gasteiger partial charge on any atom is -0.468 e. The van der Waals surface area contributed by atoms with Crippen molar-refractivity contribution in [1.82, 2.24) is 5.32 Å². The topological polar surface area (TPSA) is 76.4 Å². The van der Waals surface area contributed by atoms with Crippen molar-refractivity contribution in [3.63, 3.8) is 0 Å². The molecule has 140 valence electrons. The Morgan fingerprint density at radius 3 is 2.48 bits per heavy atom. The number of halogens is 1. The third kappa shape index (κ3) is 4.25. The van der Waals surface area contributed by atoms with Crippen LogP contribution < -0.4 is 5.32 Å². The molecule has 27 heavy (non-hydrogen) atoms. The van der Waals surface area contributed by atoms with Crippen LogP contribution in [0.1, 0.15) is 26.9 Å². The first-order valence-corrected chi connectivity index (χ1v) is 9.80. The van der Waals surface area contributed by atoms with Crippen LogP contribution in [0.25, 0.3) is 0 Å². The SMILES string of the molecule is Cc1ccc(S(=O)(=O)C(CNC(=O)c2cccc(F)c2)c2ccco2)cc1. The molecule has 1 N–H and O–H groups in total. The molecule has 1 amide bonds. The van der Waals surface area contributed by atoms with E-state index in [0.29, 0.717) is 0 Å². The fourth-order valence-electron chi connectivity index (χ4n) is 2.65. The molecule has 1 atom stereocenters. The number of hydrogen-bond acceptors (Lipinski definition) is 4. The Balaban J connectivity index is 1.86. The highest BCUT2D eigenvalue weighted by molar-refractivity contribution is 7.91. The van der Waals surface area contributed by atoms with Gasteiger partial charge < -0.3 is 9.73 Å². The van der Waals surface area contributed by atoms with Gasteiger partial charge in [-0.2, -0.15) is 0 Å². The van der Waals surface area contributed by atoms with E-state index in [0.717, 1.165) is 11.6 Å². The minimum absolute atomic E-state index is 0.112. The maximum Gasteiger partial charge on any atom is 0.251 e. The molecular weight excluding hydrogens is 369 g/mol. The van der Waals surface area contributed by atoms with E-state index < -0.39 is 26.8 Å². The first-order chi connectivity index (χ1) is 12.9. The first-order valence-electron chi connectivity index (χ1n) is 8.25. The van der Waals surface area contributed by atoms with Crippen LogP contribution in [-0.2, 0) is 9.84 Å². The molecule has 0 aliphatic carbocycles. The van der Waals surface area contributed by atoms with Crippen molar-refractivity contribution < 1.29 is 22.0 Å². The zero-order valence-corrected chi connectivity index (χ0v) is 15.4. The summed E-state index contributed by atoms with van der Waals surface area (Å²) < 4.78 is 44.7. The zero-order chi connectivity index (χ0) is 19.4. The largest absolute Gasteiger partial charge is 0.468 e. The van der Waals surface area contributed by atoms with Crippen LogP contribution in [0, 0.1) is 12.7 Å². The molecule has 0 aliphatic rings. The maximum absolute atomic E-state index is 13.3. The molecule has 0 spiro atoms. The Labute approximate surface area is 156 Å². The van der Waals surface area contributed by atoms with Crippen LogP contribution in [0.5, 0.6) is 0 Å². The summed E-state index contributed by atoms with van der Waals surface area (Å²) in [5.41, 5.74) is 1.05. The molecule has 1 unspecified atom stereocenters. The highest BCUT2D eigenvalue weighted by Crippen LogP contribution is 2.29. The number of sulfone groups is 1. The molecule has 1 heterocycles. The summed E-state index contributed by atoms with van der Waals surface area (Å²) in [7, 11) is -3.81. The predicted molar refractivity (Wildman–Crippen MR) is 98.5 cm³/mol. The van der Waals surface area contributed by atoms with Crippen molar-refractivity contribution in [2.75, 3.05) is 6.54 Å². The number of rotatable bonds is 6. The van der Waals surface area contributed by atoms with E-state index in [1.165, 1.54) is 36.6 Å². The van der Waals surface area contributed by atoms with E-state index in [2.05, 4.69) is 5.32 Å². The van der Waals surface area contributed by atoms with Crippen molar-refractivity contribution >= 4 is 15.7 Å². The van der Waals surface area contributed by atoms with Crippen LogP contribution >= 0.6 is 0 Å². The summed E-state index contributed by atoms with van der Waals surface area (Å²) in [6, 6.07) is 14.8. The number of amides is 1. The summed E-state index contributed by atoms with van der Waals surface area (Å²) in [6.07, 6.45) is 1.38. The minimum atomic E-state index is -3.81. The summed E-state index contributed by atoms with van der Waals surface area (Å²) in [6.45, 7) is 1.65. The van der Waals surface area contributed by atoms with E-state index in [1.807, 2.05) is 6.92 Å². The number of nitrogens with one attached hydrogen (secondary N) is 1. The Morgan fingerprint density at radius 1 is 1.11 bits per heavy atom. The summed E-state index contributed by atoms with van der Waals surface area (Å²) in [4.78, 5) is 12.4. The van der Waals surface area contributed by atoms with Gasteiger partial charge in [0.15, 0.2) is 9.84 Å². The van der Waals surface area contributed by atoms with Gasteiger partial charge in [-0.3, -0.25) is 4.79 Å². The van der Waals surface area contributed by atoms with Crippen molar-refractivity contribution in [1.29, 1.82) is 0 Å². The fraction of sp³-hybridized carbons (Fsp3) is 0.150. The lowest BCUT2D eigenvalue weighted by Crippen LogP contribution is -2.31. The molecule has 0 radical (unpaired) electrons. The van der Waals surface area contributed by atoms with Crippen LogP contribution in [0.2, 0.25) is 0 Å². The Bertz CT molecular complexity index is 1030. The van der Waals surface area contributed by atoms with E-state index in [1.54, 1.807) is 24.3 Å². The van der Waals surface area contributed by atoms with Gasteiger partial charge in [0.25, 0.3) is 5.91 Å². The standard InChI is InChI=1S/C20H18FNO4S/c1-14-7-9-17(10-8-14)27(24,25)19(18-6-3-11-26-18)13-22-20(23)15-4-2-5-16(21)12-15/h2-12,19H,13H2,1H3,(H,22,23). The average molecular weight is 387 g/mol. The number of benzene rings is 2. The van der Waals surface area contributed by atoms with Gasteiger partial charge >= 0.3 is 0 Å². The Kier molecular flexibility index (Phi) is 5.41.